The second-order valence-electron chi connectivity index (χ2n) is 5.94. The molecule has 0 bridgehead atoms. The van der Waals surface area contributed by atoms with E-state index in [0.717, 1.165) is 19.0 Å². The maximum absolute atomic E-state index is 5.51. The maximum atomic E-state index is 5.51. The highest BCUT2D eigenvalue weighted by atomic mass is 16.5. The minimum Gasteiger partial charge on any atom is -0.373 e. The molecule has 0 spiro atoms. The van der Waals surface area contributed by atoms with Gasteiger partial charge in [-0.2, -0.15) is 0 Å². The first-order valence-corrected chi connectivity index (χ1v) is 7.45. The van der Waals surface area contributed by atoms with Gasteiger partial charge in [0, 0.05) is 13.1 Å². The first kappa shape index (κ1) is 15.0. The summed E-state index contributed by atoms with van der Waals surface area (Å²) < 4.78 is 5.51. The van der Waals surface area contributed by atoms with Crippen LogP contribution in [0.25, 0.3) is 0 Å². The van der Waals surface area contributed by atoms with E-state index in [1.165, 1.54) is 38.5 Å². The van der Waals surface area contributed by atoms with E-state index in [-0.39, 0.29) is 0 Å². The molecule has 0 aromatic carbocycles. The van der Waals surface area contributed by atoms with Gasteiger partial charge in [-0.3, -0.25) is 0 Å². The highest BCUT2D eigenvalue weighted by Gasteiger charge is 2.24. The zero-order valence-corrected chi connectivity index (χ0v) is 12.2. The van der Waals surface area contributed by atoms with E-state index in [0.29, 0.717) is 12.2 Å². The third kappa shape index (κ3) is 6.42. The Morgan fingerprint density at radius 1 is 1.12 bits per heavy atom. The van der Waals surface area contributed by atoms with Gasteiger partial charge in [0.2, 0.25) is 0 Å². The molecule has 1 heterocycles. The van der Waals surface area contributed by atoms with Crippen molar-refractivity contribution in [3.05, 3.63) is 0 Å². The molecule has 2 nitrogen and oxygen atoms in total. The van der Waals surface area contributed by atoms with Crippen LogP contribution in [0, 0.1) is 5.92 Å². The van der Waals surface area contributed by atoms with Gasteiger partial charge >= 0.3 is 0 Å². The second kappa shape index (κ2) is 8.10. The van der Waals surface area contributed by atoms with E-state index in [4.69, 9.17) is 4.74 Å². The lowest BCUT2D eigenvalue weighted by molar-refractivity contribution is -0.0712. The summed E-state index contributed by atoms with van der Waals surface area (Å²) in [5, 5.41) is 0. The molecule has 1 aliphatic heterocycles. The zero-order chi connectivity index (χ0) is 12.7. The fourth-order valence-electron chi connectivity index (χ4n) is 2.71. The van der Waals surface area contributed by atoms with Gasteiger partial charge < -0.3 is 9.64 Å². The van der Waals surface area contributed by atoms with Crippen molar-refractivity contribution in [3.8, 4) is 0 Å². The van der Waals surface area contributed by atoms with E-state index >= 15 is 0 Å². The lowest BCUT2D eigenvalue weighted by Gasteiger charge is -2.36. The van der Waals surface area contributed by atoms with Gasteiger partial charge in [0.05, 0.1) is 12.2 Å². The summed E-state index contributed by atoms with van der Waals surface area (Å²) >= 11 is 0. The van der Waals surface area contributed by atoms with E-state index in [2.05, 4.69) is 32.7 Å². The summed E-state index contributed by atoms with van der Waals surface area (Å²) in [6.07, 6.45) is 9.83. The molecule has 0 amide bonds. The van der Waals surface area contributed by atoms with Gasteiger partial charge in [0.25, 0.3) is 0 Å². The van der Waals surface area contributed by atoms with Crippen LogP contribution < -0.4 is 0 Å². The lowest BCUT2D eigenvalue weighted by atomic mass is 9.88. The molecule has 0 atom stereocenters. The molecule has 0 N–H and O–H groups in total. The predicted molar refractivity (Wildman–Crippen MR) is 74.4 cm³/mol. The first-order chi connectivity index (χ1) is 8.11. The number of hydrogen-bond donors (Lipinski definition) is 0. The predicted octanol–water partition coefficient (Wildman–Crippen LogP) is 3.70. The van der Waals surface area contributed by atoms with E-state index in [1.807, 2.05) is 0 Å². The second-order valence-corrected chi connectivity index (χ2v) is 5.94. The Hall–Kier alpha value is -0.0800. The SMILES string of the molecule is CC(C)OC1CN(C)C1.CCC1CCCCC1. The Kier molecular flexibility index (Phi) is 7.14. The topological polar surface area (TPSA) is 12.5 Å². The Labute approximate surface area is 108 Å². The maximum Gasteiger partial charge on any atom is 0.0831 e. The standard InChI is InChI=1S/C8H16.C7H15NO/c1-2-8-6-4-3-5-7-8;1-6(2)9-7-4-8(3)5-7/h8H,2-7H2,1H3;6-7H,4-5H2,1-3H3. The molecule has 1 saturated carbocycles. The van der Waals surface area contributed by atoms with Gasteiger partial charge in [-0.25, -0.2) is 0 Å². The molecule has 2 rings (SSSR count). The molecule has 17 heavy (non-hydrogen) atoms. The van der Waals surface area contributed by atoms with Crippen molar-refractivity contribution >= 4 is 0 Å². The van der Waals surface area contributed by atoms with Crippen LogP contribution in [0.4, 0.5) is 0 Å². The van der Waals surface area contributed by atoms with Crippen molar-refractivity contribution in [1.29, 1.82) is 0 Å². The van der Waals surface area contributed by atoms with Gasteiger partial charge in [0.15, 0.2) is 0 Å². The van der Waals surface area contributed by atoms with Crippen LogP contribution in [-0.2, 0) is 4.74 Å². The van der Waals surface area contributed by atoms with E-state index in [1.54, 1.807) is 0 Å². The molecule has 102 valence electrons. The summed E-state index contributed by atoms with van der Waals surface area (Å²) in [6.45, 7) is 8.70. The average Bonchev–Trinajstić information content (AvgIpc) is 2.28. The van der Waals surface area contributed by atoms with Crippen molar-refractivity contribution in [3.63, 3.8) is 0 Å². The van der Waals surface area contributed by atoms with Crippen molar-refractivity contribution in [2.75, 3.05) is 20.1 Å². The van der Waals surface area contributed by atoms with Gasteiger partial charge in [0.1, 0.15) is 0 Å². The van der Waals surface area contributed by atoms with E-state index < -0.39 is 0 Å². The highest BCUT2D eigenvalue weighted by molar-refractivity contribution is 4.77. The van der Waals surface area contributed by atoms with Crippen LogP contribution in [0.2, 0.25) is 0 Å². The molecule has 0 unspecified atom stereocenters. The smallest absolute Gasteiger partial charge is 0.0831 e. The molecule has 0 radical (unpaired) electrons. The van der Waals surface area contributed by atoms with Crippen LogP contribution in [-0.4, -0.2) is 37.2 Å². The van der Waals surface area contributed by atoms with Crippen molar-refractivity contribution in [2.24, 2.45) is 5.92 Å². The molecule has 2 heteroatoms. The molecule has 2 fully saturated rings. The minimum absolute atomic E-state index is 0.392. The third-order valence-corrected chi connectivity index (χ3v) is 3.80. The Balaban J connectivity index is 0.000000171. The number of hydrogen-bond acceptors (Lipinski definition) is 2. The molecule has 0 aromatic heterocycles. The Morgan fingerprint density at radius 2 is 1.71 bits per heavy atom. The number of ether oxygens (including phenoxy) is 1. The number of likely N-dealkylation sites (tertiary alicyclic amines) is 1. The average molecular weight is 241 g/mol. The molecule has 1 saturated heterocycles. The third-order valence-electron chi connectivity index (χ3n) is 3.80. The van der Waals surface area contributed by atoms with Crippen LogP contribution in [0.15, 0.2) is 0 Å². The summed E-state index contributed by atoms with van der Waals surface area (Å²) in [5.41, 5.74) is 0. The normalized spacial score (nSPS) is 23.1. The zero-order valence-electron chi connectivity index (χ0n) is 12.2. The van der Waals surface area contributed by atoms with Crippen molar-refractivity contribution in [2.45, 2.75) is 71.5 Å². The minimum atomic E-state index is 0.392. The summed E-state index contributed by atoms with van der Waals surface area (Å²) in [6, 6.07) is 0. The molecule has 0 aromatic rings. The quantitative estimate of drug-likeness (QED) is 0.747. The Bertz CT molecular complexity index is 181. The Morgan fingerprint density at radius 3 is 2.06 bits per heavy atom. The molecular weight excluding hydrogens is 210 g/mol. The van der Waals surface area contributed by atoms with Crippen LogP contribution in [0.5, 0.6) is 0 Å². The summed E-state index contributed by atoms with van der Waals surface area (Å²) in [5.74, 6) is 1.09. The number of nitrogens with zero attached hydrogens (tertiary/aromatic N) is 1. The lowest BCUT2D eigenvalue weighted by Crippen LogP contribution is -2.50. The van der Waals surface area contributed by atoms with Gasteiger partial charge in [-0.1, -0.05) is 45.4 Å². The largest absolute Gasteiger partial charge is 0.373 e. The summed E-state index contributed by atoms with van der Waals surface area (Å²) in [7, 11) is 2.11. The van der Waals surface area contributed by atoms with Gasteiger partial charge in [-0.15, -0.1) is 0 Å². The number of likely N-dealkylation sites (N-methyl/N-ethyl adjacent to an activating group) is 1. The van der Waals surface area contributed by atoms with Crippen molar-refractivity contribution in [1.82, 2.24) is 4.90 Å². The fraction of sp³-hybridized carbons (Fsp3) is 1.00. The highest BCUT2D eigenvalue weighted by Crippen LogP contribution is 2.25. The number of rotatable bonds is 3. The van der Waals surface area contributed by atoms with E-state index in [9.17, 15) is 0 Å². The van der Waals surface area contributed by atoms with Crippen LogP contribution >= 0.6 is 0 Å². The van der Waals surface area contributed by atoms with Gasteiger partial charge in [-0.05, 0) is 26.8 Å². The molecular formula is C15H31NO. The summed E-state index contributed by atoms with van der Waals surface area (Å²) in [4.78, 5) is 2.26. The molecule has 1 aliphatic carbocycles. The molecule has 2 aliphatic rings. The monoisotopic (exact) mass is 241 g/mol. The van der Waals surface area contributed by atoms with Crippen molar-refractivity contribution < 1.29 is 4.74 Å². The fourth-order valence-corrected chi connectivity index (χ4v) is 2.71. The first-order valence-electron chi connectivity index (χ1n) is 7.45. The van der Waals surface area contributed by atoms with Crippen LogP contribution in [0.1, 0.15) is 59.3 Å². The van der Waals surface area contributed by atoms with Crippen LogP contribution in [0.3, 0.4) is 0 Å².